The number of nitrogens with one attached hydrogen (secondary N) is 1. The predicted molar refractivity (Wildman–Crippen MR) is 76.3 cm³/mol. The quantitative estimate of drug-likeness (QED) is 0.923. The number of carbonyl (C=O) groups is 2. The van der Waals surface area contributed by atoms with Crippen LogP contribution in [0.1, 0.15) is 18.4 Å². The number of benzene rings is 1. The zero-order chi connectivity index (χ0) is 13.8. The Morgan fingerprint density at radius 3 is 2.68 bits per heavy atom. The van der Waals surface area contributed by atoms with Crippen LogP contribution in [0.2, 0.25) is 0 Å². The van der Waals surface area contributed by atoms with Crippen molar-refractivity contribution >= 4 is 27.7 Å². The molecule has 1 aromatic rings. The van der Waals surface area contributed by atoms with Crippen molar-refractivity contribution in [3.8, 4) is 0 Å². The fourth-order valence-electron chi connectivity index (χ4n) is 2.20. The van der Waals surface area contributed by atoms with E-state index in [1.807, 2.05) is 24.3 Å². The van der Waals surface area contributed by atoms with Crippen molar-refractivity contribution < 1.29 is 9.59 Å². The van der Waals surface area contributed by atoms with Gasteiger partial charge in [0.2, 0.25) is 11.8 Å². The van der Waals surface area contributed by atoms with Crippen LogP contribution in [0.4, 0.5) is 0 Å². The lowest BCUT2D eigenvalue weighted by molar-refractivity contribution is -0.136. The van der Waals surface area contributed by atoms with Gasteiger partial charge in [0.25, 0.3) is 0 Å². The number of piperidine rings is 1. The molecule has 1 aromatic carbocycles. The summed E-state index contributed by atoms with van der Waals surface area (Å²) in [7, 11) is 1.81. The molecule has 1 unspecified atom stereocenters. The minimum atomic E-state index is -0.0850. The molecule has 102 valence electrons. The molecule has 1 saturated heterocycles. The summed E-state index contributed by atoms with van der Waals surface area (Å²) in [6, 6.07) is 7.93. The normalized spacial score (nSPS) is 18.8. The van der Waals surface area contributed by atoms with Gasteiger partial charge < -0.3 is 10.2 Å². The Morgan fingerprint density at radius 1 is 1.42 bits per heavy atom. The summed E-state index contributed by atoms with van der Waals surface area (Å²) in [5.74, 6) is 0.0562. The fourth-order valence-corrected chi connectivity index (χ4v) is 2.46. The number of halogens is 1. The van der Waals surface area contributed by atoms with Gasteiger partial charge >= 0.3 is 0 Å². The topological polar surface area (TPSA) is 49.4 Å². The van der Waals surface area contributed by atoms with E-state index >= 15 is 0 Å². The van der Waals surface area contributed by atoms with Crippen LogP contribution in [-0.2, 0) is 16.1 Å². The monoisotopic (exact) mass is 324 g/mol. The molecule has 0 aromatic heterocycles. The molecule has 2 amide bonds. The Morgan fingerprint density at radius 2 is 2.11 bits per heavy atom. The largest absolute Gasteiger partial charge is 0.355 e. The molecular weight excluding hydrogens is 308 g/mol. The summed E-state index contributed by atoms with van der Waals surface area (Å²) in [6.45, 7) is 1.05. The number of hydrogen-bond acceptors (Lipinski definition) is 2. The summed E-state index contributed by atoms with van der Waals surface area (Å²) >= 11 is 3.39. The molecule has 2 rings (SSSR count). The summed E-state index contributed by atoms with van der Waals surface area (Å²) in [6.07, 6.45) is 1.10. The van der Waals surface area contributed by atoms with Gasteiger partial charge in [-0.3, -0.25) is 9.59 Å². The Hall–Kier alpha value is -1.36. The van der Waals surface area contributed by atoms with E-state index in [0.29, 0.717) is 25.9 Å². The number of amides is 2. The lowest BCUT2D eigenvalue weighted by Crippen LogP contribution is -2.43. The van der Waals surface area contributed by atoms with E-state index in [1.165, 1.54) is 0 Å². The second kappa shape index (κ2) is 6.19. The van der Waals surface area contributed by atoms with E-state index in [4.69, 9.17) is 0 Å². The molecule has 1 fully saturated rings. The Balaban J connectivity index is 1.92. The van der Waals surface area contributed by atoms with Gasteiger partial charge in [-0.1, -0.05) is 28.1 Å². The van der Waals surface area contributed by atoms with E-state index < -0.39 is 0 Å². The molecule has 1 atom stereocenters. The number of nitrogens with zero attached hydrogens (tertiary/aromatic N) is 1. The van der Waals surface area contributed by atoms with E-state index in [-0.39, 0.29) is 17.7 Å². The summed E-state index contributed by atoms with van der Waals surface area (Å²) < 4.78 is 1.03. The van der Waals surface area contributed by atoms with Gasteiger partial charge in [-0.15, -0.1) is 0 Å². The molecule has 0 aliphatic carbocycles. The Bertz CT molecular complexity index is 463. The molecule has 5 heteroatoms. The molecule has 0 spiro atoms. The zero-order valence-electron chi connectivity index (χ0n) is 10.9. The predicted octanol–water partition coefficient (Wildman–Crippen LogP) is 1.93. The van der Waals surface area contributed by atoms with Gasteiger partial charge in [0, 0.05) is 31.0 Å². The van der Waals surface area contributed by atoms with Crippen LogP contribution in [0.5, 0.6) is 0 Å². The van der Waals surface area contributed by atoms with Crippen molar-refractivity contribution in [3.63, 3.8) is 0 Å². The van der Waals surface area contributed by atoms with Crippen molar-refractivity contribution in [1.82, 2.24) is 10.2 Å². The zero-order valence-corrected chi connectivity index (χ0v) is 12.4. The van der Waals surface area contributed by atoms with Crippen molar-refractivity contribution in [3.05, 3.63) is 34.3 Å². The molecule has 19 heavy (non-hydrogen) atoms. The second-order valence-corrected chi connectivity index (χ2v) is 5.78. The van der Waals surface area contributed by atoms with E-state index in [9.17, 15) is 9.59 Å². The van der Waals surface area contributed by atoms with Crippen LogP contribution >= 0.6 is 15.9 Å². The van der Waals surface area contributed by atoms with Gasteiger partial charge in [0.1, 0.15) is 0 Å². The second-order valence-electron chi connectivity index (χ2n) is 4.86. The van der Waals surface area contributed by atoms with E-state index in [0.717, 1.165) is 10.0 Å². The fraction of sp³-hybridized carbons (Fsp3) is 0.429. The number of hydrogen-bond donors (Lipinski definition) is 1. The number of carbonyl (C=O) groups excluding carboxylic acids is 2. The SMILES string of the molecule is CN(Cc1ccc(Br)cc1)C(=O)C1CCC(=O)NC1. The first-order valence-corrected chi connectivity index (χ1v) is 7.11. The molecule has 0 bridgehead atoms. The number of rotatable bonds is 3. The first-order chi connectivity index (χ1) is 9.06. The molecule has 0 saturated carbocycles. The van der Waals surface area contributed by atoms with E-state index in [2.05, 4.69) is 21.2 Å². The third kappa shape index (κ3) is 3.80. The molecule has 4 nitrogen and oxygen atoms in total. The summed E-state index contributed by atoms with van der Waals surface area (Å²) in [4.78, 5) is 25.1. The molecular formula is C14H17BrN2O2. The standard InChI is InChI=1S/C14H17BrN2O2/c1-17(9-10-2-5-12(15)6-3-10)14(19)11-4-7-13(18)16-8-11/h2-3,5-6,11H,4,7-9H2,1H3,(H,16,18). The highest BCUT2D eigenvalue weighted by molar-refractivity contribution is 9.10. The third-order valence-corrected chi connectivity index (χ3v) is 3.85. The lowest BCUT2D eigenvalue weighted by Gasteiger charge is -2.26. The lowest BCUT2D eigenvalue weighted by atomic mass is 9.97. The first-order valence-electron chi connectivity index (χ1n) is 6.32. The highest BCUT2D eigenvalue weighted by atomic mass is 79.9. The maximum Gasteiger partial charge on any atom is 0.227 e. The molecule has 1 N–H and O–H groups in total. The maximum absolute atomic E-state index is 12.2. The maximum atomic E-state index is 12.2. The third-order valence-electron chi connectivity index (χ3n) is 3.32. The van der Waals surface area contributed by atoms with Crippen LogP contribution in [0.15, 0.2) is 28.7 Å². The Kier molecular flexibility index (Phi) is 4.58. The van der Waals surface area contributed by atoms with Gasteiger partial charge in [0.15, 0.2) is 0 Å². The molecule has 1 heterocycles. The average molecular weight is 325 g/mol. The van der Waals surface area contributed by atoms with Crippen LogP contribution in [0.3, 0.4) is 0 Å². The minimum absolute atomic E-state index is 0.0413. The molecule has 1 aliphatic heterocycles. The van der Waals surface area contributed by atoms with Crippen molar-refractivity contribution in [2.24, 2.45) is 5.92 Å². The van der Waals surface area contributed by atoms with Crippen LogP contribution in [-0.4, -0.2) is 30.3 Å². The Labute approximate surface area is 121 Å². The summed E-state index contributed by atoms with van der Waals surface area (Å²) in [5.41, 5.74) is 1.10. The highest BCUT2D eigenvalue weighted by Gasteiger charge is 2.26. The highest BCUT2D eigenvalue weighted by Crippen LogP contribution is 2.16. The van der Waals surface area contributed by atoms with Crippen LogP contribution in [0.25, 0.3) is 0 Å². The van der Waals surface area contributed by atoms with Gasteiger partial charge in [-0.25, -0.2) is 0 Å². The van der Waals surface area contributed by atoms with Crippen LogP contribution < -0.4 is 5.32 Å². The minimum Gasteiger partial charge on any atom is -0.355 e. The van der Waals surface area contributed by atoms with Gasteiger partial charge in [-0.05, 0) is 24.1 Å². The molecule has 1 aliphatic rings. The van der Waals surface area contributed by atoms with E-state index in [1.54, 1.807) is 11.9 Å². The van der Waals surface area contributed by atoms with Crippen LogP contribution in [0, 0.1) is 5.92 Å². The molecule has 0 radical (unpaired) electrons. The van der Waals surface area contributed by atoms with Gasteiger partial charge in [-0.2, -0.15) is 0 Å². The smallest absolute Gasteiger partial charge is 0.227 e. The first kappa shape index (κ1) is 14.1. The average Bonchev–Trinajstić information content (AvgIpc) is 2.41. The van der Waals surface area contributed by atoms with Crippen molar-refractivity contribution in [2.75, 3.05) is 13.6 Å². The van der Waals surface area contributed by atoms with Gasteiger partial charge in [0.05, 0.1) is 5.92 Å². The summed E-state index contributed by atoms with van der Waals surface area (Å²) in [5, 5.41) is 2.75. The van der Waals surface area contributed by atoms with Crippen molar-refractivity contribution in [2.45, 2.75) is 19.4 Å². The van der Waals surface area contributed by atoms with Crippen molar-refractivity contribution in [1.29, 1.82) is 0 Å².